The van der Waals surface area contributed by atoms with Gasteiger partial charge in [0.15, 0.2) is 11.5 Å². The van der Waals surface area contributed by atoms with E-state index >= 15 is 0 Å². The minimum Gasteiger partial charge on any atom is -0.371 e. The number of hydrogen-bond donors (Lipinski definition) is 2. The van der Waals surface area contributed by atoms with Gasteiger partial charge in [-0.05, 0) is 32.0 Å². The number of carbonyl (C=O) groups excluding carboxylic acids is 1. The third-order valence-corrected chi connectivity index (χ3v) is 5.23. The minimum absolute atomic E-state index is 0.0546. The predicted molar refractivity (Wildman–Crippen MR) is 107 cm³/mol. The van der Waals surface area contributed by atoms with E-state index in [9.17, 15) is 22.4 Å². The Balaban J connectivity index is 1.44. The van der Waals surface area contributed by atoms with Gasteiger partial charge in [-0.15, -0.1) is 0 Å². The number of alkyl halides is 3. The molecule has 8 nitrogen and oxygen atoms in total. The van der Waals surface area contributed by atoms with Crippen molar-refractivity contribution >= 4 is 11.7 Å². The zero-order valence-electron chi connectivity index (χ0n) is 17.7. The fourth-order valence-corrected chi connectivity index (χ4v) is 3.82. The Morgan fingerprint density at radius 1 is 1.21 bits per heavy atom. The molecular weight excluding hydrogens is 448 g/mol. The number of aromatic nitrogens is 2. The molecule has 2 N–H and O–H groups in total. The van der Waals surface area contributed by atoms with Crippen LogP contribution in [0.5, 0.6) is 0 Å². The van der Waals surface area contributed by atoms with Crippen molar-refractivity contribution in [3.05, 3.63) is 53.7 Å². The summed E-state index contributed by atoms with van der Waals surface area (Å²) in [4.78, 5) is 19.5. The topological polar surface area (TPSA) is 94.6 Å². The number of rotatable bonds is 5. The summed E-state index contributed by atoms with van der Waals surface area (Å²) in [5, 5.41) is 5.58. The molecule has 3 heterocycles. The Morgan fingerprint density at radius 2 is 1.97 bits per heavy atom. The molecule has 0 unspecified atom stereocenters. The maximum absolute atomic E-state index is 13.4. The van der Waals surface area contributed by atoms with E-state index in [1.807, 2.05) is 0 Å². The average Bonchev–Trinajstić information content (AvgIpc) is 3.08. The maximum atomic E-state index is 13.4. The second-order valence-electron chi connectivity index (χ2n) is 8.20. The highest BCUT2D eigenvalue weighted by molar-refractivity contribution is 5.94. The van der Waals surface area contributed by atoms with E-state index in [0.717, 1.165) is 6.07 Å². The van der Waals surface area contributed by atoms with E-state index in [-0.39, 0.29) is 24.5 Å². The second kappa shape index (κ2) is 8.84. The number of halogens is 4. The van der Waals surface area contributed by atoms with E-state index in [1.165, 1.54) is 24.4 Å². The number of benzene rings is 1. The van der Waals surface area contributed by atoms with Crippen molar-refractivity contribution in [1.29, 1.82) is 0 Å². The average molecular weight is 470 g/mol. The molecule has 4 atom stereocenters. The van der Waals surface area contributed by atoms with Crippen LogP contribution in [-0.4, -0.2) is 59.2 Å². The van der Waals surface area contributed by atoms with E-state index < -0.39 is 53.7 Å². The summed E-state index contributed by atoms with van der Waals surface area (Å²) in [5.74, 6) is -2.07. The lowest BCUT2D eigenvalue weighted by molar-refractivity contribution is -0.153. The highest BCUT2D eigenvalue weighted by atomic mass is 19.4. The number of carbonyl (C=O) groups is 1. The fourth-order valence-electron chi connectivity index (χ4n) is 3.82. The number of hydrogen-bond acceptors (Lipinski definition) is 7. The Labute approximate surface area is 186 Å². The lowest BCUT2D eigenvalue weighted by Crippen LogP contribution is -2.57. The fraction of sp³-hybridized carbons (Fsp3) is 0.476. The van der Waals surface area contributed by atoms with Crippen LogP contribution in [-0.2, 0) is 20.4 Å². The Bertz CT molecular complexity index is 1020. The van der Waals surface area contributed by atoms with Crippen LogP contribution in [0.1, 0.15) is 29.9 Å². The number of nitrogens with one attached hydrogen (secondary N) is 2. The van der Waals surface area contributed by atoms with Gasteiger partial charge in [-0.2, -0.15) is 13.2 Å². The van der Waals surface area contributed by atoms with Crippen molar-refractivity contribution in [3.8, 4) is 0 Å². The molecule has 0 spiro atoms. The van der Waals surface area contributed by atoms with Crippen molar-refractivity contribution in [2.45, 2.75) is 50.2 Å². The molecule has 1 amide bonds. The first-order chi connectivity index (χ1) is 15.5. The first-order valence-corrected chi connectivity index (χ1v) is 10.2. The molecule has 2 aromatic rings. The van der Waals surface area contributed by atoms with Crippen molar-refractivity contribution < 1.29 is 36.6 Å². The van der Waals surface area contributed by atoms with Crippen molar-refractivity contribution in [2.24, 2.45) is 0 Å². The molecule has 0 radical (unpaired) electrons. The zero-order valence-corrected chi connectivity index (χ0v) is 17.7. The molecule has 1 aromatic carbocycles. The number of amides is 1. The number of nitrogens with zero attached hydrogens (tertiary/aromatic N) is 2. The normalized spacial score (nSPS) is 26.5. The molecule has 33 heavy (non-hydrogen) atoms. The van der Waals surface area contributed by atoms with Gasteiger partial charge in [0.25, 0.3) is 5.91 Å². The molecular formula is C21H22F4N4O4. The second-order valence-corrected chi connectivity index (χ2v) is 8.20. The van der Waals surface area contributed by atoms with Crippen LogP contribution < -0.4 is 10.6 Å². The van der Waals surface area contributed by atoms with Gasteiger partial charge < -0.3 is 24.8 Å². The standard InChI is InChI=1S/C21H22F4N4O4/c1-20(2)32-17-13(28-16-9-26-8-15(29-16)21(23,24)25)10-31-14(18(17)33-20)7-27-19(30)11-4-3-5-12(22)6-11/h3-6,8-9,13-14,17-18H,7,10H2,1-2H3,(H,27,30)(H,28,29)/t13-,14+,17+,18-/m0/s1. The number of ether oxygens (including phenoxy) is 3. The van der Waals surface area contributed by atoms with Gasteiger partial charge in [0.2, 0.25) is 0 Å². The van der Waals surface area contributed by atoms with Gasteiger partial charge >= 0.3 is 6.18 Å². The zero-order chi connectivity index (χ0) is 23.8. The summed E-state index contributed by atoms with van der Waals surface area (Å²) in [6, 6.07) is 4.69. The molecule has 2 aliphatic rings. The van der Waals surface area contributed by atoms with Gasteiger partial charge in [0, 0.05) is 12.1 Å². The molecule has 4 rings (SSSR count). The largest absolute Gasteiger partial charge is 0.434 e. The van der Waals surface area contributed by atoms with Crippen molar-refractivity contribution in [2.75, 3.05) is 18.5 Å². The van der Waals surface area contributed by atoms with Gasteiger partial charge in [0.1, 0.15) is 29.9 Å². The molecule has 2 fully saturated rings. The van der Waals surface area contributed by atoms with Crippen LogP contribution >= 0.6 is 0 Å². The first-order valence-electron chi connectivity index (χ1n) is 10.2. The highest BCUT2D eigenvalue weighted by Crippen LogP contribution is 2.36. The summed E-state index contributed by atoms with van der Waals surface area (Å²) in [5.41, 5.74) is -0.962. The van der Waals surface area contributed by atoms with Crippen LogP contribution in [0.3, 0.4) is 0 Å². The smallest absolute Gasteiger partial charge is 0.371 e. The maximum Gasteiger partial charge on any atom is 0.434 e. The summed E-state index contributed by atoms with van der Waals surface area (Å²) in [6.07, 6.45) is -4.63. The van der Waals surface area contributed by atoms with E-state index in [1.54, 1.807) is 13.8 Å². The van der Waals surface area contributed by atoms with Crippen LogP contribution in [0, 0.1) is 5.82 Å². The molecule has 0 aliphatic carbocycles. The summed E-state index contributed by atoms with van der Waals surface area (Å²) >= 11 is 0. The van der Waals surface area contributed by atoms with Crippen molar-refractivity contribution in [1.82, 2.24) is 15.3 Å². The molecule has 2 saturated heterocycles. The van der Waals surface area contributed by atoms with Crippen LogP contribution in [0.4, 0.5) is 23.4 Å². The van der Waals surface area contributed by atoms with Gasteiger partial charge in [-0.3, -0.25) is 9.78 Å². The SMILES string of the molecule is CC1(C)O[C@@H]2[C@H](O1)[C@@H](Nc1cncc(C(F)(F)F)n1)CO[C@@H]2CNC(=O)c1cccc(F)c1. The minimum atomic E-state index is -4.63. The highest BCUT2D eigenvalue weighted by Gasteiger charge is 2.52. The van der Waals surface area contributed by atoms with Gasteiger partial charge in [0.05, 0.1) is 25.0 Å². The molecule has 1 aromatic heterocycles. The van der Waals surface area contributed by atoms with E-state index in [0.29, 0.717) is 6.20 Å². The van der Waals surface area contributed by atoms with Crippen LogP contribution in [0.15, 0.2) is 36.7 Å². The lowest BCUT2D eigenvalue weighted by Gasteiger charge is -2.37. The Morgan fingerprint density at radius 3 is 2.70 bits per heavy atom. The molecule has 12 heteroatoms. The van der Waals surface area contributed by atoms with E-state index in [2.05, 4.69) is 20.6 Å². The number of fused-ring (bicyclic) bond motifs is 1. The predicted octanol–water partition coefficient (Wildman–Crippen LogP) is 2.76. The van der Waals surface area contributed by atoms with E-state index in [4.69, 9.17) is 14.2 Å². The van der Waals surface area contributed by atoms with Crippen molar-refractivity contribution in [3.63, 3.8) is 0 Å². The quantitative estimate of drug-likeness (QED) is 0.649. The van der Waals surface area contributed by atoms with Gasteiger partial charge in [-0.25, -0.2) is 9.37 Å². The summed E-state index contributed by atoms with van der Waals surface area (Å²) < 4.78 is 70.0. The Hall–Kier alpha value is -2.83. The van der Waals surface area contributed by atoms with Crippen LogP contribution in [0.25, 0.3) is 0 Å². The molecule has 178 valence electrons. The van der Waals surface area contributed by atoms with Crippen LogP contribution in [0.2, 0.25) is 0 Å². The summed E-state index contributed by atoms with van der Waals surface area (Å²) in [7, 11) is 0. The van der Waals surface area contributed by atoms with Gasteiger partial charge in [-0.1, -0.05) is 6.07 Å². The third-order valence-electron chi connectivity index (χ3n) is 5.23. The monoisotopic (exact) mass is 470 g/mol. The first kappa shape index (κ1) is 23.3. The third kappa shape index (κ3) is 5.40. The Kier molecular flexibility index (Phi) is 6.25. The lowest BCUT2D eigenvalue weighted by atomic mass is 9.98. The molecule has 0 saturated carbocycles. The number of anilines is 1. The molecule has 0 bridgehead atoms. The summed E-state index contributed by atoms with van der Waals surface area (Å²) in [6.45, 7) is 3.52. The molecule has 2 aliphatic heterocycles.